The molecule has 0 aromatic carbocycles. The van der Waals surface area contributed by atoms with Crippen LogP contribution in [0.15, 0.2) is 9.52 Å². The van der Waals surface area contributed by atoms with Crippen LogP contribution in [0, 0.1) is 19.8 Å². The Labute approximate surface area is 108 Å². The SMILES string of the molecule is Cc1noc(C)c1C(C)NC(=NCC(C)C)NN. The van der Waals surface area contributed by atoms with Crippen LogP contribution in [0.3, 0.4) is 0 Å². The summed E-state index contributed by atoms with van der Waals surface area (Å²) in [6, 6.07) is 0.0400. The van der Waals surface area contributed by atoms with Crippen LogP contribution in [0.5, 0.6) is 0 Å². The third-order valence-corrected chi connectivity index (χ3v) is 2.63. The maximum absolute atomic E-state index is 5.45. The molecule has 1 aromatic rings. The third-order valence-electron chi connectivity index (χ3n) is 2.63. The predicted octanol–water partition coefficient (Wildman–Crippen LogP) is 1.42. The molecule has 1 unspecified atom stereocenters. The summed E-state index contributed by atoms with van der Waals surface area (Å²) >= 11 is 0. The Bertz CT molecular complexity index is 391. The van der Waals surface area contributed by atoms with Gasteiger partial charge >= 0.3 is 0 Å². The van der Waals surface area contributed by atoms with E-state index in [-0.39, 0.29) is 6.04 Å². The first-order valence-electron chi connectivity index (χ1n) is 6.16. The number of aryl methyl sites for hydroxylation is 2. The summed E-state index contributed by atoms with van der Waals surface area (Å²) in [6.45, 7) is 10.8. The van der Waals surface area contributed by atoms with Crippen molar-refractivity contribution in [3.8, 4) is 0 Å². The van der Waals surface area contributed by atoms with Crippen LogP contribution in [0.1, 0.15) is 43.8 Å². The van der Waals surface area contributed by atoms with Gasteiger partial charge in [0.05, 0.1) is 11.7 Å². The van der Waals surface area contributed by atoms with Gasteiger partial charge in [-0.25, -0.2) is 5.84 Å². The first kappa shape index (κ1) is 14.5. The highest BCUT2D eigenvalue weighted by atomic mass is 16.5. The molecule has 0 saturated heterocycles. The molecule has 6 nitrogen and oxygen atoms in total. The average Bonchev–Trinajstić information content (AvgIpc) is 2.64. The lowest BCUT2D eigenvalue weighted by atomic mass is 10.1. The molecule has 0 amide bonds. The zero-order valence-corrected chi connectivity index (χ0v) is 11.7. The van der Waals surface area contributed by atoms with Gasteiger partial charge in [-0.2, -0.15) is 0 Å². The number of hydrazine groups is 1. The van der Waals surface area contributed by atoms with Gasteiger partial charge in [0.1, 0.15) is 5.76 Å². The van der Waals surface area contributed by atoms with Gasteiger partial charge in [-0.3, -0.25) is 10.4 Å². The Kier molecular flexibility index (Phi) is 5.15. The predicted molar refractivity (Wildman–Crippen MR) is 72.0 cm³/mol. The van der Waals surface area contributed by atoms with E-state index in [1.807, 2.05) is 20.8 Å². The van der Waals surface area contributed by atoms with Crippen LogP contribution in [-0.2, 0) is 0 Å². The van der Waals surface area contributed by atoms with Gasteiger partial charge in [-0.1, -0.05) is 19.0 Å². The molecular formula is C12H23N5O. The van der Waals surface area contributed by atoms with E-state index in [1.165, 1.54) is 0 Å². The largest absolute Gasteiger partial charge is 0.361 e. The smallest absolute Gasteiger partial charge is 0.206 e. The normalized spacial score (nSPS) is 13.8. The fourth-order valence-corrected chi connectivity index (χ4v) is 1.79. The van der Waals surface area contributed by atoms with E-state index in [1.54, 1.807) is 0 Å². The lowest BCUT2D eigenvalue weighted by Gasteiger charge is -2.16. The van der Waals surface area contributed by atoms with Gasteiger partial charge < -0.3 is 9.84 Å². The molecule has 0 radical (unpaired) electrons. The minimum Gasteiger partial charge on any atom is -0.361 e. The van der Waals surface area contributed by atoms with Crippen molar-refractivity contribution in [1.29, 1.82) is 0 Å². The molecule has 1 aromatic heterocycles. The van der Waals surface area contributed by atoms with E-state index >= 15 is 0 Å². The molecule has 18 heavy (non-hydrogen) atoms. The second-order valence-electron chi connectivity index (χ2n) is 4.83. The Morgan fingerprint density at radius 1 is 1.39 bits per heavy atom. The highest BCUT2D eigenvalue weighted by Gasteiger charge is 2.17. The zero-order valence-electron chi connectivity index (χ0n) is 11.7. The number of hydrogen-bond donors (Lipinski definition) is 3. The standard InChI is InChI=1S/C12H23N5O/c1-7(2)6-14-12(16-13)15-8(3)11-9(4)17-18-10(11)5/h7-8H,6,13H2,1-5H3,(H2,14,15,16). The van der Waals surface area contributed by atoms with Crippen LogP contribution >= 0.6 is 0 Å². The van der Waals surface area contributed by atoms with Crippen molar-refractivity contribution in [3.63, 3.8) is 0 Å². The van der Waals surface area contributed by atoms with E-state index in [9.17, 15) is 0 Å². The number of aromatic nitrogens is 1. The molecule has 1 rings (SSSR count). The molecule has 0 aliphatic rings. The average molecular weight is 253 g/mol. The summed E-state index contributed by atoms with van der Waals surface area (Å²) in [5.74, 6) is 7.34. The number of rotatable bonds is 4. The van der Waals surface area contributed by atoms with Crippen LogP contribution in [0.4, 0.5) is 0 Å². The molecule has 0 fully saturated rings. The second-order valence-corrected chi connectivity index (χ2v) is 4.83. The summed E-state index contributed by atoms with van der Waals surface area (Å²) < 4.78 is 5.15. The lowest BCUT2D eigenvalue weighted by molar-refractivity contribution is 0.391. The number of nitrogens with one attached hydrogen (secondary N) is 2. The Morgan fingerprint density at radius 3 is 2.50 bits per heavy atom. The highest BCUT2D eigenvalue weighted by Crippen LogP contribution is 2.20. The summed E-state index contributed by atoms with van der Waals surface area (Å²) in [6.07, 6.45) is 0. The van der Waals surface area contributed by atoms with Gasteiger partial charge in [0, 0.05) is 12.1 Å². The number of guanidine groups is 1. The monoisotopic (exact) mass is 253 g/mol. The summed E-state index contributed by atoms with van der Waals surface area (Å²) in [5.41, 5.74) is 4.50. The maximum Gasteiger partial charge on any atom is 0.206 e. The first-order valence-corrected chi connectivity index (χ1v) is 6.16. The quantitative estimate of drug-likeness (QED) is 0.327. The van der Waals surface area contributed by atoms with Crippen LogP contribution < -0.4 is 16.6 Å². The number of nitrogens with two attached hydrogens (primary N) is 1. The molecule has 0 saturated carbocycles. The van der Waals surface area contributed by atoms with Crippen molar-refractivity contribution >= 4 is 5.96 Å². The van der Waals surface area contributed by atoms with Crippen LogP contribution in [0.25, 0.3) is 0 Å². The Morgan fingerprint density at radius 2 is 2.06 bits per heavy atom. The van der Waals surface area contributed by atoms with E-state index in [0.717, 1.165) is 23.6 Å². The fourth-order valence-electron chi connectivity index (χ4n) is 1.79. The Balaban J connectivity index is 2.74. The number of hydrogen-bond acceptors (Lipinski definition) is 4. The molecule has 0 bridgehead atoms. The van der Waals surface area contributed by atoms with Crippen molar-refractivity contribution in [2.24, 2.45) is 16.8 Å². The van der Waals surface area contributed by atoms with Gasteiger partial charge in [-0.05, 0) is 26.7 Å². The number of nitrogens with zero attached hydrogens (tertiary/aromatic N) is 2. The van der Waals surface area contributed by atoms with E-state index in [0.29, 0.717) is 11.9 Å². The van der Waals surface area contributed by atoms with Crippen molar-refractivity contribution < 1.29 is 4.52 Å². The second kappa shape index (κ2) is 6.39. The van der Waals surface area contributed by atoms with E-state index < -0.39 is 0 Å². The molecule has 102 valence electrons. The topological polar surface area (TPSA) is 88.5 Å². The third kappa shape index (κ3) is 3.73. The summed E-state index contributed by atoms with van der Waals surface area (Å²) in [5, 5.41) is 7.16. The molecule has 0 spiro atoms. The van der Waals surface area contributed by atoms with Crippen LogP contribution in [-0.4, -0.2) is 17.7 Å². The minimum absolute atomic E-state index is 0.0400. The Hall–Kier alpha value is -1.56. The van der Waals surface area contributed by atoms with Gasteiger partial charge in [0.2, 0.25) is 5.96 Å². The summed E-state index contributed by atoms with van der Waals surface area (Å²) in [4.78, 5) is 4.37. The van der Waals surface area contributed by atoms with Crippen LogP contribution in [0.2, 0.25) is 0 Å². The zero-order chi connectivity index (χ0) is 13.7. The molecule has 0 aliphatic heterocycles. The van der Waals surface area contributed by atoms with Gasteiger partial charge in [0.25, 0.3) is 0 Å². The van der Waals surface area contributed by atoms with Gasteiger partial charge in [-0.15, -0.1) is 0 Å². The molecule has 4 N–H and O–H groups in total. The fraction of sp³-hybridized carbons (Fsp3) is 0.667. The van der Waals surface area contributed by atoms with Crippen molar-refractivity contribution in [3.05, 3.63) is 17.0 Å². The van der Waals surface area contributed by atoms with E-state index in [4.69, 9.17) is 10.4 Å². The lowest BCUT2D eigenvalue weighted by Crippen LogP contribution is -2.43. The molecule has 0 aliphatic carbocycles. The summed E-state index contributed by atoms with van der Waals surface area (Å²) in [7, 11) is 0. The van der Waals surface area contributed by atoms with Crippen molar-refractivity contribution in [2.45, 2.75) is 40.7 Å². The van der Waals surface area contributed by atoms with E-state index in [2.05, 4.69) is 34.7 Å². The van der Waals surface area contributed by atoms with Crippen molar-refractivity contribution in [2.75, 3.05) is 6.54 Å². The minimum atomic E-state index is 0.0400. The van der Waals surface area contributed by atoms with Gasteiger partial charge in [0.15, 0.2) is 0 Å². The molecule has 1 atom stereocenters. The molecular weight excluding hydrogens is 230 g/mol. The molecule has 6 heteroatoms. The molecule has 1 heterocycles. The first-order chi connectivity index (χ1) is 8.45. The number of aliphatic imine (C=N–C) groups is 1. The highest BCUT2D eigenvalue weighted by molar-refractivity contribution is 5.79. The maximum atomic E-state index is 5.45. The van der Waals surface area contributed by atoms with Crippen molar-refractivity contribution in [1.82, 2.24) is 15.9 Å².